The van der Waals surface area contributed by atoms with Crippen molar-refractivity contribution in [1.29, 1.82) is 0 Å². The molecule has 0 radical (unpaired) electrons. The molecule has 0 aromatic heterocycles. The second-order valence-electron chi connectivity index (χ2n) is 2.91. The fraction of sp³-hybridized carbons (Fsp3) is 0.200. The minimum atomic E-state index is -0.776. The van der Waals surface area contributed by atoms with Crippen LogP contribution in [0.2, 0.25) is 0 Å². The Morgan fingerprint density at radius 1 is 1.44 bits per heavy atom. The van der Waals surface area contributed by atoms with Crippen LogP contribution < -0.4 is 0 Å². The Kier molecular flexibility index (Phi) is 4.71. The van der Waals surface area contributed by atoms with Crippen LogP contribution in [-0.2, 0) is 9.63 Å². The van der Waals surface area contributed by atoms with E-state index < -0.39 is 11.3 Å². The Morgan fingerprint density at radius 2 is 2.00 bits per heavy atom. The minimum absolute atomic E-state index is 0.0940. The molecule has 0 heterocycles. The molecule has 0 amide bonds. The first-order valence-corrected chi connectivity index (χ1v) is 5.12. The summed E-state index contributed by atoms with van der Waals surface area (Å²) in [6.45, 7) is 1.19. The van der Waals surface area contributed by atoms with Gasteiger partial charge in [-0.3, -0.25) is 0 Å². The number of halogens is 3. The highest BCUT2D eigenvalue weighted by atomic mass is 35.5. The molecular weight excluding hydrogens is 256 g/mol. The lowest BCUT2D eigenvalue weighted by molar-refractivity contribution is -0.140. The van der Waals surface area contributed by atoms with Gasteiger partial charge in [-0.2, -0.15) is 0 Å². The van der Waals surface area contributed by atoms with Crippen molar-refractivity contribution in [2.75, 3.05) is 0 Å². The average molecular weight is 264 g/mol. The zero-order valence-corrected chi connectivity index (χ0v) is 9.80. The number of rotatable bonds is 3. The third-order valence-corrected chi connectivity index (χ3v) is 2.49. The van der Waals surface area contributed by atoms with E-state index in [1.807, 2.05) is 0 Å². The van der Waals surface area contributed by atoms with E-state index in [1.54, 1.807) is 0 Å². The van der Waals surface area contributed by atoms with Crippen LogP contribution in [0.3, 0.4) is 0 Å². The number of hydrogen-bond acceptors (Lipinski definition) is 3. The highest BCUT2D eigenvalue weighted by molar-refractivity contribution is 6.70. The maximum absolute atomic E-state index is 12.6. The number of carbonyl (C=O) groups is 1. The van der Waals surface area contributed by atoms with Gasteiger partial charge in [0.25, 0.3) is 0 Å². The maximum atomic E-state index is 12.6. The summed E-state index contributed by atoms with van der Waals surface area (Å²) < 4.78 is 12.6. The quantitative estimate of drug-likeness (QED) is 0.364. The molecule has 0 saturated heterocycles. The van der Waals surface area contributed by atoms with Crippen LogP contribution in [0, 0.1) is 5.82 Å². The summed E-state index contributed by atoms with van der Waals surface area (Å²) in [5.74, 6) is -0.971. The molecule has 1 aromatic rings. The highest BCUT2D eigenvalue weighted by Crippen LogP contribution is 2.24. The number of oxime groups is 1. The molecule has 16 heavy (non-hydrogen) atoms. The monoisotopic (exact) mass is 263 g/mol. The number of hydrogen-bond donors (Lipinski definition) is 0. The van der Waals surface area contributed by atoms with Crippen LogP contribution in [0.1, 0.15) is 17.9 Å². The van der Waals surface area contributed by atoms with E-state index in [-0.39, 0.29) is 11.0 Å². The van der Waals surface area contributed by atoms with E-state index >= 15 is 0 Å². The topological polar surface area (TPSA) is 38.7 Å². The molecule has 0 spiro atoms. The minimum Gasteiger partial charge on any atom is -0.317 e. The van der Waals surface area contributed by atoms with Gasteiger partial charge >= 0.3 is 5.97 Å². The zero-order chi connectivity index (χ0) is 12.1. The third kappa shape index (κ3) is 3.79. The van der Waals surface area contributed by atoms with Gasteiger partial charge in [-0.1, -0.05) is 28.9 Å². The van der Waals surface area contributed by atoms with Crippen LogP contribution in [-0.4, -0.2) is 11.1 Å². The van der Waals surface area contributed by atoms with Gasteiger partial charge in [0.05, 0.1) is 0 Å². The lowest BCUT2D eigenvalue weighted by Gasteiger charge is -2.06. The summed E-state index contributed by atoms with van der Waals surface area (Å²) in [6.07, 6.45) is 0. The molecule has 0 aliphatic heterocycles. The zero-order valence-electron chi connectivity index (χ0n) is 8.28. The van der Waals surface area contributed by atoms with Crippen molar-refractivity contribution in [1.82, 2.24) is 0 Å². The summed E-state index contributed by atoms with van der Waals surface area (Å²) in [6, 6.07) is 5.44. The first kappa shape index (κ1) is 12.9. The van der Waals surface area contributed by atoms with E-state index in [9.17, 15) is 9.18 Å². The molecule has 1 rings (SSSR count). The molecule has 3 nitrogen and oxygen atoms in total. The molecule has 0 aliphatic carbocycles. The number of carbonyl (C=O) groups excluding carboxylic acids is 1. The Hall–Kier alpha value is -1.13. The second-order valence-corrected chi connectivity index (χ2v) is 3.73. The summed E-state index contributed by atoms with van der Waals surface area (Å²) in [4.78, 5) is 14.8. The van der Waals surface area contributed by atoms with E-state index in [0.717, 1.165) is 0 Å². The van der Waals surface area contributed by atoms with Crippen molar-refractivity contribution in [3.05, 3.63) is 35.6 Å². The van der Waals surface area contributed by atoms with Gasteiger partial charge in [0, 0.05) is 6.92 Å². The molecule has 1 atom stereocenters. The smallest absolute Gasteiger partial charge is 0.317 e. The van der Waals surface area contributed by atoms with Crippen LogP contribution in [0.25, 0.3) is 0 Å². The van der Waals surface area contributed by atoms with Gasteiger partial charge in [-0.15, -0.1) is 11.6 Å². The fourth-order valence-corrected chi connectivity index (χ4v) is 1.27. The van der Waals surface area contributed by atoms with Gasteiger partial charge in [-0.05, 0) is 17.7 Å². The van der Waals surface area contributed by atoms with E-state index in [4.69, 9.17) is 23.2 Å². The van der Waals surface area contributed by atoms with Crippen molar-refractivity contribution in [3.63, 3.8) is 0 Å². The summed E-state index contributed by atoms with van der Waals surface area (Å²) in [5, 5.41) is 2.46. The molecule has 0 aliphatic rings. The summed E-state index contributed by atoms with van der Waals surface area (Å²) >= 11 is 11.6. The second kappa shape index (κ2) is 5.82. The lowest BCUT2D eigenvalue weighted by atomic mass is 10.1. The fourth-order valence-electron chi connectivity index (χ4n) is 0.923. The molecule has 1 unspecified atom stereocenters. The van der Waals surface area contributed by atoms with E-state index in [0.29, 0.717) is 5.56 Å². The first-order valence-electron chi connectivity index (χ1n) is 4.31. The normalized spacial score (nSPS) is 13.4. The van der Waals surface area contributed by atoms with Crippen molar-refractivity contribution < 1.29 is 14.0 Å². The van der Waals surface area contributed by atoms with Crippen LogP contribution in [0.15, 0.2) is 29.4 Å². The number of alkyl halides is 1. The van der Waals surface area contributed by atoms with Crippen molar-refractivity contribution in [2.45, 2.75) is 12.3 Å². The molecule has 86 valence electrons. The molecule has 0 N–H and O–H groups in total. The van der Waals surface area contributed by atoms with Crippen LogP contribution >= 0.6 is 23.2 Å². The summed E-state index contributed by atoms with van der Waals surface area (Å²) in [7, 11) is 0. The van der Waals surface area contributed by atoms with Crippen LogP contribution in [0.4, 0.5) is 4.39 Å². The molecule has 6 heteroatoms. The standard InChI is InChI=1S/C10H8Cl2FNO2/c1-6(15)16-14-10(12)9(11)7-2-4-8(13)5-3-7/h2-5,9H,1H3/b14-10-. The highest BCUT2D eigenvalue weighted by Gasteiger charge is 2.14. The predicted molar refractivity (Wildman–Crippen MR) is 60.0 cm³/mol. The maximum Gasteiger partial charge on any atom is 0.332 e. The molecule has 1 aromatic carbocycles. The Balaban J connectivity index is 2.77. The predicted octanol–water partition coefficient (Wildman–Crippen LogP) is 3.22. The average Bonchev–Trinajstić information content (AvgIpc) is 2.26. The van der Waals surface area contributed by atoms with Gasteiger partial charge in [-0.25, -0.2) is 9.18 Å². The molecular formula is C10H8Cl2FNO2. The molecule has 0 saturated carbocycles. The third-order valence-electron chi connectivity index (χ3n) is 1.63. The number of benzene rings is 1. The Bertz CT molecular complexity index is 406. The van der Waals surface area contributed by atoms with Gasteiger partial charge in [0.15, 0.2) is 5.17 Å². The van der Waals surface area contributed by atoms with E-state index in [1.165, 1.54) is 31.2 Å². The Morgan fingerprint density at radius 3 is 2.50 bits per heavy atom. The molecule has 0 bridgehead atoms. The molecule has 0 fully saturated rings. The van der Waals surface area contributed by atoms with Gasteiger partial charge in [0.1, 0.15) is 11.2 Å². The Labute approximate surface area is 102 Å². The van der Waals surface area contributed by atoms with Crippen molar-refractivity contribution in [2.24, 2.45) is 5.16 Å². The SMILES string of the molecule is CC(=O)O/N=C(\Cl)C(Cl)c1ccc(F)cc1. The van der Waals surface area contributed by atoms with E-state index in [2.05, 4.69) is 9.99 Å². The van der Waals surface area contributed by atoms with Gasteiger partial charge in [0.2, 0.25) is 0 Å². The first-order chi connectivity index (χ1) is 7.50. The summed E-state index contributed by atoms with van der Waals surface area (Å²) in [5.41, 5.74) is 0.559. The number of nitrogens with zero attached hydrogens (tertiary/aromatic N) is 1. The van der Waals surface area contributed by atoms with Crippen LogP contribution in [0.5, 0.6) is 0 Å². The lowest BCUT2D eigenvalue weighted by Crippen LogP contribution is -2.02. The van der Waals surface area contributed by atoms with Crippen molar-refractivity contribution >= 4 is 34.3 Å². The van der Waals surface area contributed by atoms with Gasteiger partial charge < -0.3 is 4.84 Å². The van der Waals surface area contributed by atoms with Crippen molar-refractivity contribution in [3.8, 4) is 0 Å². The largest absolute Gasteiger partial charge is 0.332 e.